The van der Waals surface area contributed by atoms with Crippen LogP contribution in [0.5, 0.6) is 0 Å². The summed E-state index contributed by atoms with van der Waals surface area (Å²) in [6.45, 7) is 5.57. The summed E-state index contributed by atoms with van der Waals surface area (Å²) in [6, 6.07) is 10.3. The molecule has 3 rings (SSSR count). The van der Waals surface area contributed by atoms with Gasteiger partial charge in [0.05, 0.1) is 12.7 Å². The van der Waals surface area contributed by atoms with Crippen LogP contribution >= 0.6 is 15.9 Å². The molecule has 0 fully saturated rings. The van der Waals surface area contributed by atoms with Gasteiger partial charge in [-0.05, 0) is 36.6 Å². The Morgan fingerprint density at radius 3 is 2.45 bits per heavy atom. The van der Waals surface area contributed by atoms with Gasteiger partial charge in [-0.15, -0.1) is 0 Å². The highest BCUT2D eigenvalue weighted by Crippen LogP contribution is 2.36. The number of benzene rings is 1. The molecule has 0 saturated heterocycles. The number of amidine groups is 1. The summed E-state index contributed by atoms with van der Waals surface area (Å²) >= 11 is 3.61. The molecule has 8 heteroatoms. The Kier molecular flexibility index (Phi) is 6.69. The number of rotatable bonds is 6. The smallest absolute Gasteiger partial charge is 0.339 e. The van der Waals surface area contributed by atoms with E-state index in [1.807, 2.05) is 19.9 Å². The zero-order chi connectivity index (χ0) is 22.8. The standard InChI is InChI=1S/C23H24BrN3O4/c1-14(2)23(3)22(30)27(20(28)15-8-6-5-7-9-15)19(26-23)11-18(24)16-10-17(13-25-12-16)21(29)31-4/h5-10,12-14,18H,11H2,1-4H3. The number of nitrogens with zero attached hydrogens (tertiary/aromatic N) is 3. The summed E-state index contributed by atoms with van der Waals surface area (Å²) in [5.74, 6) is -0.958. The molecule has 2 atom stereocenters. The van der Waals surface area contributed by atoms with Crippen LogP contribution in [0.4, 0.5) is 0 Å². The summed E-state index contributed by atoms with van der Waals surface area (Å²) in [6.07, 6.45) is 3.31. The summed E-state index contributed by atoms with van der Waals surface area (Å²) in [5, 5.41) is 0. The van der Waals surface area contributed by atoms with Crippen molar-refractivity contribution in [2.75, 3.05) is 7.11 Å². The zero-order valence-electron chi connectivity index (χ0n) is 17.8. The van der Waals surface area contributed by atoms with E-state index in [4.69, 9.17) is 9.73 Å². The first-order valence-corrected chi connectivity index (χ1v) is 10.8. The average molecular weight is 486 g/mol. The lowest BCUT2D eigenvalue weighted by Gasteiger charge is -2.25. The maximum absolute atomic E-state index is 13.3. The third-order valence-corrected chi connectivity index (χ3v) is 6.36. The van der Waals surface area contributed by atoms with E-state index in [0.717, 1.165) is 0 Å². The molecule has 1 aliphatic heterocycles. The normalized spacial score (nSPS) is 19.4. The third kappa shape index (κ3) is 4.44. The van der Waals surface area contributed by atoms with Crippen molar-refractivity contribution in [2.24, 2.45) is 10.9 Å². The molecule has 162 valence electrons. The van der Waals surface area contributed by atoms with Crippen molar-refractivity contribution in [1.82, 2.24) is 9.88 Å². The van der Waals surface area contributed by atoms with Gasteiger partial charge in [-0.25, -0.2) is 9.69 Å². The molecular weight excluding hydrogens is 462 g/mol. The minimum atomic E-state index is -1.03. The summed E-state index contributed by atoms with van der Waals surface area (Å²) < 4.78 is 4.75. The van der Waals surface area contributed by atoms with E-state index in [2.05, 4.69) is 20.9 Å². The lowest BCUT2D eigenvalue weighted by molar-refractivity contribution is -0.130. The molecule has 1 aromatic carbocycles. The van der Waals surface area contributed by atoms with Gasteiger partial charge in [0.15, 0.2) is 0 Å². The Balaban J connectivity index is 1.95. The molecule has 2 unspecified atom stereocenters. The number of aliphatic imine (C=N–C) groups is 1. The van der Waals surface area contributed by atoms with E-state index < -0.39 is 17.4 Å². The third-order valence-electron chi connectivity index (χ3n) is 5.51. The van der Waals surface area contributed by atoms with Gasteiger partial charge in [0.2, 0.25) is 0 Å². The molecule has 0 radical (unpaired) electrons. The Morgan fingerprint density at radius 2 is 1.84 bits per heavy atom. The van der Waals surface area contributed by atoms with Crippen LogP contribution < -0.4 is 0 Å². The number of esters is 1. The molecule has 31 heavy (non-hydrogen) atoms. The van der Waals surface area contributed by atoms with Gasteiger partial charge in [0.25, 0.3) is 11.8 Å². The van der Waals surface area contributed by atoms with Crippen LogP contribution in [0.2, 0.25) is 0 Å². The first kappa shape index (κ1) is 22.8. The maximum atomic E-state index is 13.3. The number of amides is 2. The Bertz CT molecular complexity index is 1040. The van der Waals surface area contributed by atoms with Crippen LogP contribution in [-0.4, -0.2) is 46.2 Å². The monoisotopic (exact) mass is 485 g/mol. The molecule has 0 spiro atoms. The molecule has 0 N–H and O–H groups in total. The van der Waals surface area contributed by atoms with E-state index >= 15 is 0 Å². The zero-order valence-corrected chi connectivity index (χ0v) is 19.4. The molecule has 0 saturated carbocycles. The number of hydrogen-bond donors (Lipinski definition) is 0. The number of carbonyl (C=O) groups is 3. The number of aromatic nitrogens is 1. The molecule has 1 aliphatic rings. The largest absolute Gasteiger partial charge is 0.465 e. The molecule has 2 heterocycles. The second-order valence-electron chi connectivity index (χ2n) is 7.81. The Morgan fingerprint density at radius 1 is 1.16 bits per heavy atom. The minimum absolute atomic E-state index is 0.0957. The van der Waals surface area contributed by atoms with Crippen molar-refractivity contribution in [3.8, 4) is 0 Å². The van der Waals surface area contributed by atoms with Crippen molar-refractivity contribution >= 4 is 39.5 Å². The highest BCUT2D eigenvalue weighted by atomic mass is 79.9. The van der Waals surface area contributed by atoms with Crippen LogP contribution in [-0.2, 0) is 9.53 Å². The van der Waals surface area contributed by atoms with Gasteiger partial charge in [0.1, 0.15) is 11.4 Å². The van der Waals surface area contributed by atoms with Crippen LogP contribution in [0.3, 0.4) is 0 Å². The number of carbonyl (C=O) groups excluding carboxylic acids is 3. The first-order chi connectivity index (χ1) is 14.7. The number of pyridine rings is 1. The predicted molar refractivity (Wildman–Crippen MR) is 120 cm³/mol. The van der Waals surface area contributed by atoms with Crippen molar-refractivity contribution in [3.63, 3.8) is 0 Å². The van der Waals surface area contributed by atoms with Crippen molar-refractivity contribution < 1.29 is 19.1 Å². The minimum Gasteiger partial charge on any atom is -0.465 e. The van der Waals surface area contributed by atoms with Crippen LogP contribution in [0.15, 0.2) is 53.8 Å². The second-order valence-corrected chi connectivity index (χ2v) is 8.92. The maximum Gasteiger partial charge on any atom is 0.339 e. The topological polar surface area (TPSA) is 88.9 Å². The molecule has 2 amide bonds. The summed E-state index contributed by atoms with van der Waals surface area (Å²) in [5.41, 5.74) is 0.414. The number of methoxy groups -OCH3 is 1. The fourth-order valence-corrected chi connectivity index (χ4v) is 3.82. The second kappa shape index (κ2) is 9.09. The van der Waals surface area contributed by atoms with Gasteiger partial charge < -0.3 is 4.74 Å². The van der Waals surface area contributed by atoms with Gasteiger partial charge in [-0.2, -0.15) is 0 Å². The number of ether oxygens (including phenoxy) is 1. The number of halogens is 1. The number of imide groups is 1. The van der Waals surface area contributed by atoms with Crippen molar-refractivity contribution in [3.05, 3.63) is 65.5 Å². The fourth-order valence-electron chi connectivity index (χ4n) is 3.28. The van der Waals surface area contributed by atoms with Crippen molar-refractivity contribution in [2.45, 2.75) is 37.6 Å². The first-order valence-electron chi connectivity index (χ1n) is 9.89. The molecule has 7 nitrogen and oxygen atoms in total. The summed E-state index contributed by atoms with van der Waals surface area (Å²) in [7, 11) is 1.30. The Labute approximate surface area is 189 Å². The van der Waals surface area contributed by atoms with E-state index in [1.54, 1.807) is 43.5 Å². The van der Waals surface area contributed by atoms with Gasteiger partial charge in [0, 0.05) is 29.2 Å². The van der Waals surface area contributed by atoms with Gasteiger partial charge in [-0.1, -0.05) is 48.0 Å². The molecule has 2 aromatic rings. The van der Waals surface area contributed by atoms with E-state index in [0.29, 0.717) is 22.5 Å². The fraction of sp³-hybridized carbons (Fsp3) is 0.348. The average Bonchev–Trinajstić information content (AvgIpc) is 3.04. The van der Waals surface area contributed by atoms with E-state index in [-0.39, 0.29) is 23.1 Å². The van der Waals surface area contributed by atoms with Crippen LogP contribution in [0.1, 0.15) is 58.3 Å². The SMILES string of the molecule is COC(=O)c1cncc(C(Br)CC2=NC(C)(C(C)C)C(=O)N2C(=O)c2ccccc2)c1. The molecule has 1 aromatic heterocycles. The highest BCUT2D eigenvalue weighted by Gasteiger charge is 2.49. The number of alkyl halides is 1. The van der Waals surface area contributed by atoms with Crippen LogP contribution in [0, 0.1) is 5.92 Å². The Hall–Kier alpha value is -2.87. The lowest BCUT2D eigenvalue weighted by atomic mass is 9.88. The molecule has 0 bridgehead atoms. The van der Waals surface area contributed by atoms with E-state index in [9.17, 15) is 14.4 Å². The molecular formula is C23H24BrN3O4. The van der Waals surface area contributed by atoms with Crippen LogP contribution in [0.25, 0.3) is 0 Å². The number of hydrogen-bond acceptors (Lipinski definition) is 6. The predicted octanol–water partition coefficient (Wildman–Crippen LogP) is 4.19. The summed E-state index contributed by atoms with van der Waals surface area (Å²) in [4.78, 5) is 48.0. The molecule has 0 aliphatic carbocycles. The van der Waals surface area contributed by atoms with E-state index in [1.165, 1.54) is 18.2 Å². The van der Waals surface area contributed by atoms with Crippen molar-refractivity contribution in [1.29, 1.82) is 0 Å². The van der Waals surface area contributed by atoms with Gasteiger partial charge >= 0.3 is 5.97 Å². The van der Waals surface area contributed by atoms with Gasteiger partial charge in [-0.3, -0.25) is 19.6 Å². The quantitative estimate of drug-likeness (QED) is 0.347. The highest BCUT2D eigenvalue weighted by molar-refractivity contribution is 9.09. The lowest BCUT2D eigenvalue weighted by Crippen LogP contribution is -2.46.